The van der Waals surface area contributed by atoms with Crippen molar-refractivity contribution in [2.45, 2.75) is 55.6 Å². The lowest BCUT2D eigenvalue weighted by molar-refractivity contribution is -0.0525. The van der Waals surface area contributed by atoms with Gasteiger partial charge < -0.3 is 14.2 Å². The molecular weight excluding hydrogens is 872 g/mol. The van der Waals surface area contributed by atoms with E-state index in [-0.39, 0.29) is 15.6 Å². The summed E-state index contributed by atoms with van der Waals surface area (Å²) in [5.41, 5.74) is 4.47. The van der Waals surface area contributed by atoms with E-state index in [1.807, 2.05) is 10.6 Å². The van der Waals surface area contributed by atoms with Gasteiger partial charge in [-0.25, -0.2) is 42.7 Å². The summed E-state index contributed by atoms with van der Waals surface area (Å²) >= 11 is -0.0614. The second kappa shape index (κ2) is 21.2. The molecule has 0 bridgehead atoms. The lowest BCUT2D eigenvalue weighted by atomic mass is 10.2. The van der Waals surface area contributed by atoms with Crippen LogP contribution in [0.3, 0.4) is 0 Å². The van der Waals surface area contributed by atoms with E-state index >= 15 is 0 Å². The zero-order valence-corrected chi connectivity index (χ0v) is 31.7. The molecule has 0 aliphatic rings. The topological polar surface area (TPSA) is 240 Å². The highest BCUT2D eigenvalue weighted by molar-refractivity contribution is 7.80. The Morgan fingerprint density at radius 2 is 1.17 bits per heavy atom. The molecule has 2 heterocycles. The van der Waals surface area contributed by atoms with E-state index in [4.69, 9.17) is 11.6 Å². The summed E-state index contributed by atoms with van der Waals surface area (Å²) in [6.45, 7) is -1.86. The molecule has 2 aromatic heterocycles. The van der Waals surface area contributed by atoms with E-state index in [0.29, 0.717) is 11.1 Å². The Morgan fingerprint density at radius 1 is 0.707 bits per heavy atom. The molecule has 30 heteroatoms. The number of aromatic nitrogens is 6. The van der Waals surface area contributed by atoms with Crippen LogP contribution in [0.2, 0.25) is 0 Å². The monoisotopic (exact) mass is 896 g/mol. The Bertz CT molecular complexity index is 2130. The number of halogens is 9. The minimum atomic E-state index is -3.98. The quantitative estimate of drug-likeness (QED) is 0.0640. The highest BCUT2D eigenvalue weighted by Crippen LogP contribution is 2.31. The number of rotatable bonds is 15. The number of alkyl halides is 9. The van der Waals surface area contributed by atoms with Gasteiger partial charge in [0.05, 0.1) is 7.11 Å². The molecule has 0 saturated heterocycles. The van der Waals surface area contributed by atoms with Gasteiger partial charge in [0.15, 0.2) is 0 Å². The Labute approximate surface area is 329 Å². The minimum absolute atomic E-state index is 0.0708. The number of aryl methyl sites for hydroxylation is 3. The summed E-state index contributed by atoms with van der Waals surface area (Å²) in [5, 5.41) is -0.0970. The molecule has 0 aliphatic carbocycles. The summed E-state index contributed by atoms with van der Waals surface area (Å²) in [7, 11) is 1.07. The number of hydrogen-bond acceptors (Lipinski definition) is 15. The molecule has 2 aromatic carbocycles. The predicted molar refractivity (Wildman–Crippen MR) is 181 cm³/mol. The van der Waals surface area contributed by atoms with Crippen LogP contribution < -0.4 is 35.8 Å². The fourth-order valence-corrected chi connectivity index (χ4v) is 5.13. The number of anilines is 2. The smallest absolute Gasteiger partial charge is 0.387 e. The number of urea groups is 2. The molecule has 2 unspecified atom stereocenters. The predicted octanol–water partition coefficient (Wildman–Crippen LogP) is 5.66. The van der Waals surface area contributed by atoms with Gasteiger partial charge in [0.2, 0.25) is 45.7 Å². The van der Waals surface area contributed by atoms with Crippen LogP contribution in [0.1, 0.15) is 35.0 Å². The second-order valence-corrected chi connectivity index (χ2v) is 12.9. The maximum Gasteiger partial charge on any atom is 0.387 e. The number of methoxy groups -OCH3 is 1. The highest BCUT2D eigenvalue weighted by Gasteiger charge is 2.34. The first kappa shape index (κ1) is 46.7. The SMILES string of the molecule is COc1nc(NC(=O)NOS(=O)c2ccc(C)cc2OC(F)F)nc(C(F)(F)Cl)n1.Cc1ccc(S(=O)ONC(=O)Nc2nc(C)nc(C(F)F)n2)c(OC(F)F)c1. The van der Waals surface area contributed by atoms with Crippen LogP contribution >= 0.6 is 11.6 Å². The lowest BCUT2D eigenvalue weighted by Crippen LogP contribution is -2.31. The summed E-state index contributed by atoms with van der Waals surface area (Å²) < 4.78 is 148. The van der Waals surface area contributed by atoms with Gasteiger partial charge in [0.1, 0.15) is 27.1 Å². The summed E-state index contributed by atoms with van der Waals surface area (Å²) in [5.74, 6) is -4.14. The molecule has 19 nitrogen and oxygen atoms in total. The van der Waals surface area contributed by atoms with Crippen LogP contribution in [0.15, 0.2) is 46.2 Å². The minimum Gasteiger partial charge on any atom is -0.467 e. The van der Waals surface area contributed by atoms with E-state index < -0.39 is 100 Å². The summed E-state index contributed by atoms with van der Waals surface area (Å²) in [6, 6.07) is 4.74. The largest absolute Gasteiger partial charge is 0.467 e. The summed E-state index contributed by atoms with van der Waals surface area (Å²) in [4.78, 5) is 43.4. The normalized spacial score (nSPS) is 12.3. The average molecular weight is 897 g/mol. The van der Waals surface area contributed by atoms with Crippen molar-refractivity contribution >= 4 is 57.7 Å². The number of hydroxylamine groups is 2. The molecule has 0 aliphatic heterocycles. The zero-order chi connectivity index (χ0) is 43.3. The average Bonchev–Trinajstić information content (AvgIpc) is 3.12. The van der Waals surface area contributed by atoms with Crippen LogP contribution in [-0.4, -0.2) is 70.7 Å². The number of nitrogens with one attached hydrogen (secondary N) is 4. The third-order valence-electron chi connectivity index (χ3n) is 5.87. The van der Waals surface area contributed by atoms with Crippen molar-refractivity contribution in [2.24, 2.45) is 0 Å². The summed E-state index contributed by atoms with van der Waals surface area (Å²) in [6.07, 6.45) is -2.98. The lowest BCUT2D eigenvalue weighted by Gasteiger charge is -2.12. The molecule has 4 amide bonds. The maximum atomic E-state index is 13.2. The zero-order valence-electron chi connectivity index (χ0n) is 29.3. The van der Waals surface area contributed by atoms with Gasteiger partial charge >= 0.3 is 36.7 Å². The van der Waals surface area contributed by atoms with Crippen LogP contribution in [0.25, 0.3) is 0 Å². The number of ether oxygens (including phenoxy) is 3. The van der Waals surface area contributed by atoms with Crippen LogP contribution in [-0.2, 0) is 36.1 Å². The van der Waals surface area contributed by atoms with Gasteiger partial charge in [-0.3, -0.25) is 10.6 Å². The Hall–Kier alpha value is -5.65. The van der Waals surface area contributed by atoms with Crippen molar-refractivity contribution in [3.05, 3.63) is 65.0 Å². The molecule has 316 valence electrons. The third kappa shape index (κ3) is 15.0. The second-order valence-electron chi connectivity index (χ2n) is 10.2. The first-order chi connectivity index (χ1) is 27.1. The van der Waals surface area contributed by atoms with Crippen LogP contribution in [0.4, 0.5) is 56.6 Å². The number of amides is 4. The van der Waals surface area contributed by atoms with Gasteiger partial charge in [0.25, 0.3) is 6.43 Å². The number of carbonyl (C=O) groups is 2. The van der Waals surface area contributed by atoms with Crippen molar-refractivity contribution in [2.75, 3.05) is 17.7 Å². The molecule has 0 spiro atoms. The Kier molecular flexibility index (Phi) is 17.1. The van der Waals surface area contributed by atoms with Crippen molar-refractivity contribution in [3.8, 4) is 17.5 Å². The van der Waals surface area contributed by atoms with E-state index in [0.717, 1.165) is 7.11 Å². The molecule has 4 aromatic rings. The van der Waals surface area contributed by atoms with E-state index in [9.17, 15) is 53.1 Å². The molecule has 0 fully saturated rings. The molecule has 0 radical (unpaired) electrons. The van der Waals surface area contributed by atoms with Crippen LogP contribution in [0.5, 0.6) is 17.5 Å². The fraction of sp³-hybridized carbons (Fsp3) is 0.286. The van der Waals surface area contributed by atoms with E-state index in [2.05, 4.69) is 52.7 Å². The van der Waals surface area contributed by atoms with Gasteiger partial charge in [-0.2, -0.15) is 59.8 Å². The number of benzene rings is 2. The molecular formula is C28H25ClF8N10O9S2. The molecule has 0 saturated carbocycles. The highest BCUT2D eigenvalue weighted by atomic mass is 35.5. The molecule has 4 rings (SSSR count). The molecule has 58 heavy (non-hydrogen) atoms. The molecule has 2 atom stereocenters. The first-order valence-electron chi connectivity index (χ1n) is 15.0. The Balaban J connectivity index is 0.000000311. The first-order valence-corrected chi connectivity index (χ1v) is 17.5. The van der Waals surface area contributed by atoms with Gasteiger partial charge in [-0.15, -0.1) is 0 Å². The number of carbonyl (C=O) groups excluding carboxylic acids is 2. The van der Waals surface area contributed by atoms with Crippen molar-refractivity contribution < 1.29 is 75.9 Å². The maximum absolute atomic E-state index is 13.2. The molecule has 4 N–H and O–H groups in total. The third-order valence-corrected chi connectivity index (χ3v) is 7.90. The van der Waals surface area contributed by atoms with Crippen molar-refractivity contribution in [3.63, 3.8) is 0 Å². The van der Waals surface area contributed by atoms with Gasteiger partial charge in [-0.1, -0.05) is 12.1 Å². The van der Waals surface area contributed by atoms with E-state index in [1.54, 1.807) is 24.8 Å². The number of nitrogens with zero attached hydrogens (tertiary/aromatic N) is 6. The van der Waals surface area contributed by atoms with Gasteiger partial charge in [-0.05, 0) is 67.8 Å². The number of hydrogen-bond donors (Lipinski definition) is 4. The Morgan fingerprint density at radius 3 is 1.59 bits per heavy atom. The fourth-order valence-electron chi connectivity index (χ4n) is 3.66. The van der Waals surface area contributed by atoms with Crippen molar-refractivity contribution in [1.82, 2.24) is 40.9 Å². The van der Waals surface area contributed by atoms with Crippen molar-refractivity contribution in [1.29, 1.82) is 0 Å². The van der Waals surface area contributed by atoms with Gasteiger partial charge in [0, 0.05) is 0 Å². The van der Waals surface area contributed by atoms with Crippen LogP contribution in [0, 0.1) is 20.8 Å². The van der Waals surface area contributed by atoms with E-state index in [1.165, 1.54) is 43.3 Å². The standard InChI is InChI=1S/C14H12ClF4N5O5S.C14H13F4N5O4S/c1-6-3-4-8(7(5-6)28-10(16)17)30(26)29-24-12(25)22-11-20-9(14(15,18)19)21-13(23-11)27-2;1-6-3-4-9(8(5-6)26-12(17)18)28(25)27-23-14(24)22-13-20-7(2)19-11(21-13)10(15)16/h3-5,10H,1-2H3,(H2,20,21,22,23,24,25);3-5,10,12H,1-2H3,(H2,19,20,21,22,23,24).